The smallest absolute Gasteiger partial charge is 0.132 e. The van der Waals surface area contributed by atoms with Gasteiger partial charge in [0, 0.05) is 17.7 Å². The lowest BCUT2D eigenvalue weighted by Gasteiger charge is -2.16. The average molecular weight is 279 g/mol. The zero-order valence-electron chi connectivity index (χ0n) is 11.8. The van der Waals surface area contributed by atoms with Gasteiger partial charge in [-0.15, -0.1) is 0 Å². The van der Waals surface area contributed by atoms with E-state index in [0.717, 1.165) is 37.1 Å². The molecule has 0 spiro atoms. The molecular weight excluding hydrogens is 260 g/mol. The number of nitrogens with zero attached hydrogens (tertiary/aromatic N) is 2. The van der Waals surface area contributed by atoms with Crippen LogP contribution in [0.1, 0.15) is 25.3 Å². The number of nitrogens with one attached hydrogen (secondary N) is 1. The summed E-state index contributed by atoms with van der Waals surface area (Å²) in [4.78, 5) is 2.15. The molecule has 1 N–H and O–H groups in total. The van der Waals surface area contributed by atoms with Crippen molar-refractivity contribution in [2.24, 2.45) is 0 Å². The van der Waals surface area contributed by atoms with E-state index >= 15 is 0 Å². The molecule has 0 bridgehead atoms. The molecule has 0 saturated carbocycles. The van der Waals surface area contributed by atoms with Crippen LogP contribution >= 0.6 is 0 Å². The summed E-state index contributed by atoms with van der Waals surface area (Å²) in [6.07, 6.45) is 3.90. The molecule has 0 atom stereocenters. The van der Waals surface area contributed by atoms with Crippen LogP contribution in [0.15, 0.2) is 24.4 Å². The SMILES string of the molecule is CCCCN(C)Cc1cn[nH]c1-c1cc(F)ccc1F. The minimum Gasteiger partial charge on any atom is -0.302 e. The monoisotopic (exact) mass is 279 g/mol. The minimum atomic E-state index is -0.457. The van der Waals surface area contributed by atoms with Crippen molar-refractivity contribution in [1.29, 1.82) is 0 Å². The van der Waals surface area contributed by atoms with E-state index in [1.54, 1.807) is 6.20 Å². The third kappa shape index (κ3) is 3.42. The molecule has 0 aliphatic carbocycles. The molecule has 1 aromatic heterocycles. The third-order valence-electron chi connectivity index (χ3n) is 3.25. The predicted octanol–water partition coefficient (Wildman–Crippen LogP) is 3.59. The number of unbranched alkanes of at least 4 members (excludes halogenated alkanes) is 1. The van der Waals surface area contributed by atoms with Crippen LogP contribution in [0, 0.1) is 11.6 Å². The van der Waals surface area contributed by atoms with Crippen LogP contribution in [0.25, 0.3) is 11.3 Å². The molecule has 0 aliphatic rings. The molecule has 20 heavy (non-hydrogen) atoms. The lowest BCUT2D eigenvalue weighted by Crippen LogP contribution is -2.19. The van der Waals surface area contributed by atoms with Gasteiger partial charge in [-0.25, -0.2) is 8.78 Å². The van der Waals surface area contributed by atoms with Crippen molar-refractivity contribution in [3.8, 4) is 11.3 Å². The van der Waals surface area contributed by atoms with Gasteiger partial charge in [0.1, 0.15) is 11.6 Å². The molecule has 0 radical (unpaired) electrons. The number of rotatable bonds is 6. The van der Waals surface area contributed by atoms with Crippen LogP contribution in [0.4, 0.5) is 8.78 Å². The number of benzene rings is 1. The maximum absolute atomic E-state index is 13.8. The molecule has 0 aliphatic heterocycles. The van der Waals surface area contributed by atoms with E-state index in [1.165, 1.54) is 6.07 Å². The first-order valence-electron chi connectivity index (χ1n) is 6.78. The summed E-state index contributed by atoms with van der Waals surface area (Å²) < 4.78 is 27.1. The Morgan fingerprint density at radius 1 is 1.30 bits per heavy atom. The zero-order valence-corrected chi connectivity index (χ0v) is 11.8. The number of hydrogen-bond acceptors (Lipinski definition) is 2. The second-order valence-electron chi connectivity index (χ2n) is 4.99. The molecular formula is C15H19F2N3. The minimum absolute atomic E-state index is 0.224. The molecule has 108 valence electrons. The zero-order chi connectivity index (χ0) is 14.5. The van der Waals surface area contributed by atoms with Gasteiger partial charge in [-0.3, -0.25) is 5.10 Å². The van der Waals surface area contributed by atoms with Gasteiger partial charge >= 0.3 is 0 Å². The largest absolute Gasteiger partial charge is 0.302 e. The number of hydrogen-bond donors (Lipinski definition) is 1. The third-order valence-corrected chi connectivity index (χ3v) is 3.25. The molecule has 2 rings (SSSR count). The van der Waals surface area contributed by atoms with Crippen LogP contribution in [0.2, 0.25) is 0 Å². The highest BCUT2D eigenvalue weighted by atomic mass is 19.1. The van der Waals surface area contributed by atoms with E-state index in [2.05, 4.69) is 22.0 Å². The lowest BCUT2D eigenvalue weighted by molar-refractivity contribution is 0.321. The van der Waals surface area contributed by atoms with Gasteiger partial charge < -0.3 is 4.90 Å². The Morgan fingerprint density at radius 2 is 2.10 bits per heavy atom. The number of aromatic nitrogens is 2. The van der Waals surface area contributed by atoms with E-state index in [9.17, 15) is 8.78 Å². The summed E-state index contributed by atoms with van der Waals surface area (Å²) in [5.41, 5.74) is 1.64. The van der Waals surface area contributed by atoms with Crippen molar-refractivity contribution in [2.45, 2.75) is 26.3 Å². The van der Waals surface area contributed by atoms with Gasteiger partial charge in [0.25, 0.3) is 0 Å². The van der Waals surface area contributed by atoms with Crippen molar-refractivity contribution >= 4 is 0 Å². The molecule has 0 unspecified atom stereocenters. The van der Waals surface area contributed by atoms with Gasteiger partial charge in [0.05, 0.1) is 11.9 Å². The Balaban J connectivity index is 2.22. The molecule has 1 heterocycles. The molecule has 1 aromatic carbocycles. The standard InChI is InChI=1S/C15H19F2N3/c1-3-4-7-20(2)10-11-9-18-19-15(11)13-8-12(16)5-6-14(13)17/h5-6,8-9H,3-4,7,10H2,1-2H3,(H,18,19). The first-order valence-corrected chi connectivity index (χ1v) is 6.78. The van der Waals surface area contributed by atoms with Crippen molar-refractivity contribution in [3.05, 3.63) is 41.6 Å². The first kappa shape index (κ1) is 14.7. The average Bonchev–Trinajstić information content (AvgIpc) is 2.87. The summed E-state index contributed by atoms with van der Waals surface area (Å²) in [7, 11) is 2.01. The van der Waals surface area contributed by atoms with E-state index in [0.29, 0.717) is 12.2 Å². The lowest BCUT2D eigenvalue weighted by atomic mass is 10.1. The Labute approximate surface area is 117 Å². The Kier molecular flexibility index (Phi) is 4.84. The molecule has 3 nitrogen and oxygen atoms in total. The highest BCUT2D eigenvalue weighted by Gasteiger charge is 2.14. The van der Waals surface area contributed by atoms with E-state index in [4.69, 9.17) is 0 Å². The van der Waals surface area contributed by atoms with E-state index < -0.39 is 11.6 Å². The molecule has 5 heteroatoms. The maximum Gasteiger partial charge on any atom is 0.132 e. The van der Waals surface area contributed by atoms with Crippen LogP contribution in [-0.2, 0) is 6.54 Å². The summed E-state index contributed by atoms with van der Waals surface area (Å²) in [6.45, 7) is 3.76. The topological polar surface area (TPSA) is 31.9 Å². The summed E-state index contributed by atoms with van der Waals surface area (Å²) >= 11 is 0. The van der Waals surface area contributed by atoms with Crippen LogP contribution < -0.4 is 0 Å². The fourth-order valence-corrected chi connectivity index (χ4v) is 2.15. The van der Waals surface area contributed by atoms with Crippen LogP contribution in [-0.4, -0.2) is 28.7 Å². The van der Waals surface area contributed by atoms with Crippen molar-refractivity contribution in [1.82, 2.24) is 15.1 Å². The predicted molar refractivity (Wildman–Crippen MR) is 75.2 cm³/mol. The van der Waals surface area contributed by atoms with Crippen LogP contribution in [0.3, 0.4) is 0 Å². The summed E-state index contributed by atoms with van der Waals surface area (Å²) in [5.74, 6) is -0.908. The quantitative estimate of drug-likeness (QED) is 0.876. The van der Waals surface area contributed by atoms with E-state index in [-0.39, 0.29) is 5.56 Å². The highest BCUT2D eigenvalue weighted by molar-refractivity contribution is 5.63. The van der Waals surface area contributed by atoms with E-state index in [1.807, 2.05) is 7.05 Å². The van der Waals surface area contributed by atoms with Gasteiger partial charge in [0.15, 0.2) is 0 Å². The maximum atomic E-state index is 13.8. The number of aromatic amines is 1. The Hall–Kier alpha value is -1.75. The second kappa shape index (κ2) is 6.61. The van der Waals surface area contributed by atoms with Crippen molar-refractivity contribution < 1.29 is 8.78 Å². The molecule has 2 aromatic rings. The van der Waals surface area contributed by atoms with Gasteiger partial charge in [-0.05, 0) is 38.2 Å². The van der Waals surface area contributed by atoms with Gasteiger partial charge in [-0.1, -0.05) is 13.3 Å². The number of H-pyrrole nitrogens is 1. The molecule has 0 saturated heterocycles. The summed E-state index contributed by atoms with van der Waals surface area (Å²) in [6, 6.07) is 3.44. The van der Waals surface area contributed by atoms with Gasteiger partial charge in [-0.2, -0.15) is 5.10 Å². The summed E-state index contributed by atoms with van der Waals surface area (Å²) in [5, 5.41) is 6.73. The Bertz CT molecular complexity index is 566. The highest BCUT2D eigenvalue weighted by Crippen LogP contribution is 2.25. The number of halogens is 2. The molecule has 0 amide bonds. The van der Waals surface area contributed by atoms with Crippen molar-refractivity contribution in [2.75, 3.05) is 13.6 Å². The van der Waals surface area contributed by atoms with Gasteiger partial charge in [0.2, 0.25) is 0 Å². The van der Waals surface area contributed by atoms with Crippen LogP contribution in [0.5, 0.6) is 0 Å². The molecule has 0 fully saturated rings. The fourth-order valence-electron chi connectivity index (χ4n) is 2.15. The fraction of sp³-hybridized carbons (Fsp3) is 0.400. The normalized spacial score (nSPS) is 11.2. The Morgan fingerprint density at radius 3 is 2.85 bits per heavy atom. The first-order chi connectivity index (χ1) is 9.61. The van der Waals surface area contributed by atoms with Crippen molar-refractivity contribution in [3.63, 3.8) is 0 Å². The second-order valence-corrected chi connectivity index (χ2v) is 4.99.